The van der Waals surface area contributed by atoms with Crippen molar-refractivity contribution in [2.45, 2.75) is 29.1 Å². The number of primary amides is 1. The predicted octanol–water partition coefficient (Wildman–Crippen LogP) is -0.227. The summed E-state index contributed by atoms with van der Waals surface area (Å²) >= 11 is 1.15. The number of β-lactam (4-membered cyclic amide) rings is 1. The first-order valence-electron chi connectivity index (χ1n) is 8.35. The number of thioether (sulfide) groups is 1. The molecule has 11 heteroatoms. The van der Waals surface area contributed by atoms with Gasteiger partial charge in [0.05, 0.1) is 4.75 Å². The summed E-state index contributed by atoms with van der Waals surface area (Å²) in [5, 5.41) is 11.5. The van der Waals surface area contributed by atoms with Crippen LogP contribution in [0.3, 0.4) is 0 Å². The molecule has 2 saturated heterocycles. The van der Waals surface area contributed by atoms with Crippen molar-refractivity contribution < 1.29 is 33.8 Å². The monoisotopic (exact) mass is 409 g/mol. The van der Waals surface area contributed by atoms with Crippen LogP contribution in [0.2, 0.25) is 0 Å². The van der Waals surface area contributed by atoms with E-state index in [0.29, 0.717) is 5.75 Å². The number of hydrogen-bond acceptors (Lipinski definition) is 7. The third-order valence-electron chi connectivity index (χ3n) is 4.49. The minimum Gasteiger partial charge on any atom is -0.484 e. The van der Waals surface area contributed by atoms with Gasteiger partial charge in [0.2, 0.25) is 5.91 Å². The van der Waals surface area contributed by atoms with Crippen molar-refractivity contribution in [3.8, 4) is 5.75 Å². The number of rotatable bonds is 7. The summed E-state index contributed by atoms with van der Waals surface area (Å²) in [6.45, 7) is 1.01. The SMILES string of the molecule is C[C@@]1(COC(N)=O)SC2[C@H](NC(=O)COc3ccccc3)C(=O)N2[C@H]1C(=O)O. The van der Waals surface area contributed by atoms with Crippen LogP contribution in [-0.2, 0) is 19.1 Å². The first-order valence-corrected chi connectivity index (χ1v) is 9.23. The smallest absolute Gasteiger partial charge is 0.404 e. The molecule has 28 heavy (non-hydrogen) atoms. The summed E-state index contributed by atoms with van der Waals surface area (Å²) in [5.41, 5.74) is 4.97. The Kier molecular flexibility index (Phi) is 5.36. The first-order chi connectivity index (χ1) is 13.2. The number of nitrogens with zero attached hydrogens (tertiary/aromatic N) is 1. The van der Waals surface area contributed by atoms with Crippen molar-refractivity contribution >= 4 is 35.6 Å². The van der Waals surface area contributed by atoms with Crippen molar-refractivity contribution in [1.29, 1.82) is 0 Å². The number of aliphatic carboxylic acids is 1. The molecule has 0 aliphatic carbocycles. The van der Waals surface area contributed by atoms with Gasteiger partial charge in [0.15, 0.2) is 6.61 Å². The van der Waals surface area contributed by atoms with E-state index in [1.54, 1.807) is 31.2 Å². The highest BCUT2D eigenvalue weighted by atomic mass is 32.2. The highest BCUT2D eigenvalue weighted by molar-refractivity contribution is 8.01. The van der Waals surface area contributed by atoms with Gasteiger partial charge in [-0.05, 0) is 19.1 Å². The van der Waals surface area contributed by atoms with Gasteiger partial charge in [-0.2, -0.15) is 0 Å². The third kappa shape index (κ3) is 3.70. The number of benzene rings is 1. The van der Waals surface area contributed by atoms with Gasteiger partial charge in [-0.15, -0.1) is 11.8 Å². The molecule has 10 nitrogen and oxygen atoms in total. The van der Waals surface area contributed by atoms with Crippen LogP contribution in [0.15, 0.2) is 30.3 Å². The molecule has 2 aliphatic heterocycles. The Morgan fingerprint density at radius 1 is 1.32 bits per heavy atom. The summed E-state index contributed by atoms with van der Waals surface area (Å²) in [6.07, 6.45) is -1.03. The van der Waals surface area contributed by atoms with Gasteiger partial charge in [-0.1, -0.05) is 18.2 Å². The molecule has 2 fully saturated rings. The van der Waals surface area contributed by atoms with Crippen LogP contribution in [0.1, 0.15) is 6.92 Å². The second kappa shape index (κ2) is 7.58. The Labute approximate surface area is 164 Å². The molecule has 0 radical (unpaired) electrons. The number of fused-ring (bicyclic) bond motifs is 1. The highest BCUT2D eigenvalue weighted by Crippen LogP contribution is 2.51. The standard InChI is InChI=1S/C17H19N3O7S/c1-17(8-27-16(18)25)12(15(23)24)20-13(22)11(14(20)28-17)19-10(21)7-26-9-5-3-2-4-6-9/h2-6,11-12,14H,7-8H2,1H3,(H2,18,25)(H,19,21)(H,23,24)/t11-,12+,14?,17+/m1/s1. The number of carbonyl (C=O) groups excluding carboxylic acids is 3. The second-order valence-corrected chi connectivity index (χ2v) is 8.21. The quantitative estimate of drug-likeness (QED) is 0.523. The zero-order chi connectivity index (χ0) is 20.5. The fourth-order valence-electron chi connectivity index (χ4n) is 3.24. The Morgan fingerprint density at radius 3 is 2.61 bits per heavy atom. The van der Waals surface area contributed by atoms with Crippen LogP contribution in [0, 0.1) is 0 Å². The number of hydrogen-bond donors (Lipinski definition) is 3. The molecule has 150 valence electrons. The second-order valence-electron chi connectivity index (χ2n) is 6.56. The lowest BCUT2D eigenvalue weighted by molar-refractivity contribution is -0.161. The third-order valence-corrected chi connectivity index (χ3v) is 6.11. The summed E-state index contributed by atoms with van der Waals surface area (Å²) in [5.74, 6) is -1.73. The molecule has 2 aliphatic rings. The van der Waals surface area contributed by atoms with E-state index in [9.17, 15) is 24.3 Å². The van der Waals surface area contributed by atoms with Crippen LogP contribution >= 0.6 is 11.8 Å². The van der Waals surface area contributed by atoms with E-state index in [1.807, 2.05) is 6.07 Å². The van der Waals surface area contributed by atoms with E-state index in [4.69, 9.17) is 15.2 Å². The van der Waals surface area contributed by atoms with Crippen LogP contribution < -0.4 is 15.8 Å². The van der Waals surface area contributed by atoms with Gasteiger partial charge in [0, 0.05) is 0 Å². The van der Waals surface area contributed by atoms with Crippen molar-refractivity contribution in [2.24, 2.45) is 5.73 Å². The molecule has 2 heterocycles. The molecule has 4 atom stereocenters. The number of para-hydroxylation sites is 1. The maximum Gasteiger partial charge on any atom is 0.404 e. The normalized spacial score (nSPS) is 28.1. The van der Waals surface area contributed by atoms with E-state index < -0.39 is 46.1 Å². The number of carboxylic acids is 1. The minimum atomic E-state index is -1.23. The molecule has 4 N–H and O–H groups in total. The maximum absolute atomic E-state index is 12.5. The molecule has 1 unspecified atom stereocenters. The van der Waals surface area contributed by atoms with Crippen LogP contribution in [0.25, 0.3) is 0 Å². The summed E-state index contributed by atoms with van der Waals surface area (Å²) < 4.78 is 9.03. The Bertz CT molecular complexity index is 805. The Morgan fingerprint density at radius 2 is 2.00 bits per heavy atom. The lowest BCUT2D eigenvalue weighted by atomic mass is 9.95. The van der Waals surface area contributed by atoms with Crippen molar-refractivity contribution in [1.82, 2.24) is 10.2 Å². The number of carboxylic acid groups (broad SMARTS) is 1. The average Bonchev–Trinajstić information content (AvgIpc) is 2.94. The molecule has 0 spiro atoms. The molecule has 1 aromatic carbocycles. The van der Waals surface area contributed by atoms with E-state index in [1.165, 1.54) is 4.90 Å². The number of ether oxygens (including phenoxy) is 2. The molecule has 3 rings (SSSR count). The van der Waals surface area contributed by atoms with Crippen molar-refractivity contribution in [2.75, 3.05) is 13.2 Å². The first kappa shape index (κ1) is 19.8. The van der Waals surface area contributed by atoms with Gasteiger partial charge in [-0.25, -0.2) is 9.59 Å². The van der Waals surface area contributed by atoms with Gasteiger partial charge in [-0.3, -0.25) is 9.59 Å². The lowest BCUT2D eigenvalue weighted by Gasteiger charge is -2.43. The van der Waals surface area contributed by atoms with E-state index >= 15 is 0 Å². The average molecular weight is 409 g/mol. The van der Waals surface area contributed by atoms with Crippen molar-refractivity contribution in [3.05, 3.63) is 30.3 Å². The number of carbonyl (C=O) groups is 4. The fraction of sp³-hybridized carbons (Fsp3) is 0.412. The summed E-state index contributed by atoms with van der Waals surface area (Å²) in [7, 11) is 0. The Hall–Kier alpha value is -2.95. The summed E-state index contributed by atoms with van der Waals surface area (Å²) in [4.78, 5) is 48.4. The zero-order valence-corrected chi connectivity index (χ0v) is 15.7. The molecule has 1 aromatic rings. The summed E-state index contributed by atoms with van der Waals surface area (Å²) in [6, 6.07) is 6.63. The van der Waals surface area contributed by atoms with E-state index in [-0.39, 0.29) is 13.2 Å². The maximum atomic E-state index is 12.5. The van der Waals surface area contributed by atoms with Gasteiger partial charge >= 0.3 is 12.1 Å². The van der Waals surface area contributed by atoms with Crippen molar-refractivity contribution in [3.63, 3.8) is 0 Å². The minimum absolute atomic E-state index is 0.276. The fourth-order valence-corrected chi connectivity index (χ4v) is 4.92. The lowest BCUT2D eigenvalue weighted by Crippen LogP contribution is -2.71. The molecular formula is C17H19N3O7S. The van der Waals surface area contributed by atoms with Crippen LogP contribution in [0.5, 0.6) is 5.75 Å². The molecule has 0 aromatic heterocycles. The molecule has 0 saturated carbocycles. The number of nitrogens with one attached hydrogen (secondary N) is 1. The van der Waals surface area contributed by atoms with Gasteiger partial charge in [0.25, 0.3) is 5.91 Å². The number of nitrogens with two attached hydrogens (primary N) is 1. The number of amides is 3. The molecule has 3 amide bonds. The highest BCUT2D eigenvalue weighted by Gasteiger charge is 2.66. The zero-order valence-electron chi connectivity index (χ0n) is 14.9. The van der Waals surface area contributed by atoms with Gasteiger partial charge in [0.1, 0.15) is 29.8 Å². The van der Waals surface area contributed by atoms with E-state index in [2.05, 4.69) is 5.32 Å². The molecular weight excluding hydrogens is 390 g/mol. The topological polar surface area (TPSA) is 148 Å². The Balaban J connectivity index is 1.63. The van der Waals surface area contributed by atoms with E-state index in [0.717, 1.165) is 11.8 Å². The molecule has 0 bridgehead atoms. The predicted molar refractivity (Wildman–Crippen MR) is 97.5 cm³/mol. The largest absolute Gasteiger partial charge is 0.484 e. The van der Waals surface area contributed by atoms with Crippen LogP contribution in [-0.4, -0.2) is 69.3 Å². The van der Waals surface area contributed by atoms with Gasteiger partial charge < -0.3 is 30.5 Å². The van der Waals surface area contributed by atoms with Crippen LogP contribution in [0.4, 0.5) is 4.79 Å².